The van der Waals surface area contributed by atoms with Crippen LogP contribution >= 0.6 is 0 Å². The Morgan fingerprint density at radius 3 is 2.11 bits per heavy atom. The molecule has 0 saturated carbocycles. The van der Waals surface area contributed by atoms with E-state index in [-0.39, 0.29) is 30.2 Å². The number of alkyl halides is 3. The zero-order chi connectivity index (χ0) is 26.2. The molecule has 3 aromatic carbocycles. The van der Waals surface area contributed by atoms with Crippen LogP contribution in [0.3, 0.4) is 0 Å². The minimum Gasteiger partial charge on any atom is -0.490 e. The summed E-state index contributed by atoms with van der Waals surface area (Å²) in [5.74, 6) is -0.400. The number of anilines is 1. The minimum absolute atomic E-state index is 0.00917. The van der Waals surface area contributed by atoms with Crippen molar-refractivity contribution in [1.29, 1.82) is 0 Å². The van der Waals surface area contributed by atoms with E-state index in [4.69, 9.17) is 14.6 Å². The molecule has 8 nitrogen and oxygen atoms in total. The summed E-state index contributed by atoms with van der Waals surface area (Å²) in [6.07, 6.45) is -4.54. The third-order valence-electron chi connectivity index (χ3n) is 4.66. The van der Waals surface area contributed by atoms with Crippen LogP contribution in [0.5, 0.6) is 17.2 Å². The van der Waals surface area contributed by atoms with Gasteiger partial charge in [0, 0.05) is 12.1 Å². The number of halogens is 3. The summed E-state index contributed by atoms with van der Waals surface area (Å²) in [4.78, 5) is 10.6. The first-order valence-corrected chi connectivity index (χ1v) is 12.0. The lowest BCUT2D eigenvalue weighted by molar-refractivity contribution is -0.274. The standard InChI is InChI=1S/C24H22F3NO7S/c25-24(26,27)35-20-10-12-21(13-11-20)36(31,32)28-18-6-8-19(9-7-18)33-15-16-34-22-4-2-1-3-17(22)5-14-23(29)30/h1-4,6-13,28H,5,14-16H2,(H,29,30). The van der Waals surface area contributed by atoms with Crippen LogP contribution in [0.4, 0.5) is 18.9 Å². The molecule has 0 aromatic heterocycles. The number of carboxylic acids is 1. The molecule has 0 radical (unpaired) electrons. The fourth-order valence-electron chi connectivity index (χ4n) is 3.06. The van der Waals surface area contributed by atoms with Gasteiger partial charge < -0.3 is 19.3 Å². The summed E-state index contributed by atoms with van der Waals surface area (Å²) in [6.45, 7) is 0.386. The fraction of sp³-hybridized carbons (Fsp3) is 0.208. The summed E-state index contributed by atoms with van der Waals surface area (Å²) >= 11 is 0. The maximum atomic E-state index is 12.5. The van der Waals surface area contributed by atoms with Gasteiger partial charge in [0.05, 0.1) is 4.90 Å². The largest absolute Gasteiger partial charge is 0.573 e. The third kappa shape index (κ3) is 8.38. The lowest BCUT2D eigenvalue weighted by Gasteiger charge is -2.13. The molecule has 0 unspecified atom stereocenters. The Labute approximate surface area is 205 Å². The van der Waals surface area contributed by atoms with Gasteiger partial charge in [-0.05, 0) is 66.6 Å². The van der Waals surface area contributed by atoms with E-state index in [2.05, 4.69) is 9.46 Å². The van der Waals surface area contributed by atoms with Gasteiger partial charge in [0.2, 0.25) is 0 Å². The molecule has 12 heteroatoms. The first kappa shape index (κ1) is 26.7. The highest BCUT2D eigenvalue weighted by Crippen LogP contribution is 2.25. The molecule has 0 saturated heterocycles. The van der Waals surface area contributed by atoms with E-state index in [1.165, 1.54) is 12.1 Å². The maximum absolute atomic E-state index is 12.5. The van der Waals surface area contributed by atoms with Crippen LogP contribution in [0.1, 0.15) is 12.0 Å². The second-order valence-electron chi connectivity index (χ2n) is 7.35. The van der Waals surface area contributed by atoms with Crippen molar-refractivity contribution in [3.05, 3.63) is 78.4 Å². The van der Waals surface area contributed by atoms with Crippen molar-refractivity contribution in [1.82, 2.24) is 0 Å². The zero-order valence-corrected chi connectivity index (χ0v) is 19.5. The molecular formula is C24H22F3NO7S. The van der Waals surface area contributed by atoms with Crippen LogP contribution in [-0.4, -0.2) is 39.1 Å². The van der Waals surface area contributed by atoms with E-state index in [0.29, 0.717) is 17.9 Å². The van der Waals surface area contributed by atoms with Crippen molar-refractivity contribution in [3.63, 3.8) is 0 Å². The van der Waals surface area contributed by atoms with E-state index in [1.807, 2.05) is 0 Å². The van der Waals surface area contributed by atoms with E-state index in [0.717, 1.165) is 29.8 Å². The second-order valence-corrected chi connectivity index (χ2v) is 9.03. The zero-order valence-electron chi connectivity index (χ0n) is 18.7. The van der Waals surface area contributed by atoms with Crippen LogP contribution < -0.4 is 18.9 Å². The first-order valence-electron chi connectivity index (χ1n) is 10.6. The lowest BCUT2D eigenvalue weighted by atomic mass is 10.1. The summed E-state index contributed by atoms with van der Waals surface area (Å²) in [6, 6.07) is 17.0. The van der Waals surface area contributed by atoms with Crippen molar-refractivity contribution < 1.29 is 45.7 Å². The molecule has 0 fully saturated rings. The molecule has 3 aromatic rings. The minimum atomic E-state index is -4.87. The highest BCUT2D eigenvalue weighted by Gasteiger charge is 2.31. The number of ether oxygens (including phenoxy) is 3. The smallest absolute Gasteiger partial charge is 0.490 e. The van der Waals surface area contributed by atoms with Gasteiger partial charge in [0.25, 0.3) is 10.0 Å². The summed E-state index contributed by atoms with van der Waals surface area (Å²) in [5.41, 5.74) is 1.00. The Balaban J connectivity index is 1.50. The molecule has 192 valence electrons. The predicted molar refractivity (Wildman–Crippen MR) is 124 cm³/mol. The normalized spacial score (nSPS) is 11.5. The van der Waals surface area contributed by atoms with Gasteiger partial charge in [-0.1, -0.05) is 18.2 Å². The topological polar surface area (TPSA) is 111 Å². The number of benzene rings is 3. The molecule has 0 aliphatic rings. The molecule has 3 rings (SSSR count). The molecule has 2 N–H and O–H groups in total. The maximum Gasteiger partial charge on any atom is 0.573 e. The molecule has 0 aliphatic carbocycles. The number of carboxylic acid groups (broad SMARTS) is 1. The van der Waals surface area contributed by atoms with Crippen LogP contribution in [0.15, 0.2) is 77.7 Å². The number of hydrogen-bond donors (Lipinski definition) is 2. The number of aliphatic carboxylic acids is 1. The molecule has 0 spiro atoms. The van der Waals surface area contributed by atoms with Crippen LogP contribution in [0, 0.1) is 0 Å². The monoisotopic (exact) mass is 525 g/mol. The SMILES string of the molecule is O=C(O)CCc1ccccc1OCCOc1ccc(NS(=O)(=O)c2ccc(OC(F)(F)F)cc2)cc1. The molecule has 0 atom stereocenters. The van der Waals surface area contributed by atoms with Gasteiger partial charge in [-0.15, -0.1) is 13.2 Å². The number of sulfonamides is 1. The highest BCUT2D eigenvalue weighted by atomic mass is 32.2. The van der Waals surface area contributed by atoms with Gasteiger partial charge in [0.15, 0.2) is 0 Å². The number of rotatable bonds is 12. The van der Waals surface area contributed by atoms with Crippen LogP contribution in [0.25, 0.3) is 0 Å². The number of carbonyl (C=O) groups is 1. The Hall–Kier alpha value is -3.93. The van der Waals surface area contributed by atoms with Crippen molar-refractivity contribution in [2.45, 2.75) is 24.1 Å². The third-order valence-corrected chi connectivity index (χ3v) is 6.06. The Morgan fingerprint density at radius 1 is 0.861 bits per heavy atom. The van der Waals surface area contributed by atoms with Gasteiger partial charge in [-0.25, -0.2) is 8.42 Å². The van der Waals surface area contributed by atoms with E-state index in [9.17, 15) is 26.4 Å². The highest BCUT2D eigenvalue weighted by molar-refractivity contribution is 7.92. The Bertz CT molecular complexity index is 1260. The van der Waals surface area contributed by atoms with Crippen molar-refractivity contribution in [2.24, 2.45) is 0 Å². The van der Waals surface area contributed by atoms with Crippen molar-refractivity contribution in [2.75, 3.05) is 17.9 Å². The van der Waals surface area contributed by atoms with E-state index < -0.39 is 28.1 Å². The molecule has 0 heterocycles. The average molecular weight is 526 g/mol. The molecule has 0 amide bonds. The summed E-state index contributed by atoms with van der Waals surface area (Å²) in [7, 11) is -4.04. The summed E-state index contributed by atoms with van der Waals surface area (Å²) < 4.78 is 79.1. The van der Waals surface area contributed by atoms with Crippen molar-refractivity contribution >= 4 is 21.7 Å². The number of hydrogen-bond acceptors (Lipinski definition) is 6. The molecule has 36 heavy (non-hydrogen) atoms. The molecular weight excluding hydrogens is 503 g/mol. The number of nitrogens with one attached hydrogen (secondary N) is 1. The van der Waals surface area contributed by atoms with E-state index >= 15 is 0 Å². The predicted octanol–water partition coefficient (Wildman–Crippen LogP) is 4.86. The van der Waals surface area contributed by atoms with Gasteiger partial charge in [-0.3, -0.25) is 9.52 Å². The van der Waals surface area contributed by atoms with Crippen LogP contribution in [-0.2, 0) is 21.2 Å². The molecule has 0 bridgehead atoms. The first-order chi connectivity index (χ1) is 17.0. The van der Waals surface area contributed by atoms with Crippen molar-refractivity contribution in [3.8, 4) is 17.2 Å². The number of aryl methyl sites for hydroxylation is 1. The summed E-state index contributed by atoms with van der Waals surface area (Å²) in [5, 5.41) is 8.85. The second kappa shape index (κ2) is 11.7. The lowest BCUT2D eigenvalue weighted by Crippen LogP contribution is -2.17. The average Bonchev–Trinajstić information content (AvgIpc) is 2.81. The molecule has 0 aliphatic heterocycles. The van der Waals surface area contributed by atoms with Gasteiger partial charge in [-0.2, -0.15) is 0 Å². The Morgan fingerprint density at radius 2 is 1.47 bits per heavy atom. The Kier molecular flexibility index (Phi) is 8.64. The fourth-order valence-corrected chi connectivity index (χ4v) is 4.12. The van der Waals surface area contributed by atoms with Gasteiger partial charge in [0.1, 0.15) is 30.5 Å². The van der Waals surface area contributed by atoms with Crippen LogP contribution in [0.2, 0.25) is 0 Å². The quantitative estimate of drug-likeness (QED) is 0.325. The number of para-hydroxylation sites is 1. The van der Waals surface area contributed by atoms with Gasteiger partial charge >= 0.3 is 12.3 Å². The van der Waals surface area contributed by atoms with E-state index in [1.54, 1.807) is 36.4 Å².